The van der Waals surface area contributed by atoms with Crippen LogP contribution in [-0.2, 0) is 22.4 Å². The summed E-state index contributed by atoms with van der Waals surface area (Å²) in [6.07, 6.45) is 1.76. The molecule has 1 aromatic rings. The number of aryl methyl sites for hydroxylation is 2. The summed E-state index contributed by atoms with van der Waals surface area (Å²) < 4.78 is 4.72. The van der Waals surface area contributed by atoms with Crippen molar-refractivity contribution in [3.63, 3.8) is 0 Å². The maximum Gasteiger partial charge on any atom is 0.245 e. The third-order valence-electron chi connectivity index (χ3n) is 2.21. The predicted octanol–water partition coefficient (Wildman–Crippen LogP) is 1.32. The van der Waals surface area contributed by atoms with Gasteiger partial charge in [0.25, 0.3) is 0 Å². The lowest BCUT2D eigenvalue weighted by atomic mass is 10.3. The molecule has 1 N–H and O–H groups in total. The first-order chi connectivity index (χ1) is 7.67. The Balaban J connectivity index is 2.34. The molecular formula is C11H18N2O2S. The molecule has 1 rings (SSSR count). The van der Waals surface area contributed by atoms with Crippen molar-refractivity contribution in [2.75, 3.05) is 20.3 Å². The van der Waals surface area contributed by atoms with Gasteiger partial charge in [0.1, 0.15) is 6.61 Å². The van der Waals surface area contributed by atoms with Gasteiger partial charge in [0, 0.05) is 25.0 Å². The molecule has 0 bridgehead atoms. The summed E-state index contributed by atoms with van der Waals surface area (Å²) >= 11 is 1.71. The Kier molecular flexibility index (Phi) is 5.42. The molecule has 0 aliphatic rings. The number of carbonyl (C=O) groups excluding carboxylic acids is 1. The second kappa shape index (κ2) is 6.60. The maximum absolute atomic E-state index is 11.1. The first-order valence-corrected chi connectivity index (χ1v) is 6.19. The van der Waals surface area contributed by atoms with E-state index in [1.807, 2.05) is 0 Å². The van der Waals surface area contributed by atoms with Gasteiger partial charge in [-0.2, -0.15) is 0 Å². The topological polar surface area (TPSA) is 51.2 Å². The van der Waals surface area contributed by atoms with Crippen molar-refractivity contribution in [1.82, 2.24) is 10.3 Å². The number of carbonyl (C=O) groups is 1. The van der Waals surface area contributed by atoms with Crippen LogP contribution in [0, 0.1) is 6.92 Å². The minimum absolute atomic E-state index is 0.0773. The minimum Gasteiger partial charge on any atom is -0.375 e. The molecule has 4 nitrogen and oxygen atoms in total. The molecule has 0 saturated heterocycles. The molecule has 0 fully saturated rings. The van der Waals surface area contributed by atoms with E-state index in [-0.39, 0.29) is 12.5 Å². The van der Waals surface area contributed by atoms with Crippen molar-refractivity contribution >= 4 is 17.2 Å². The molecule has 0 aliphatic heterocycles. The largest absolute Gasteiger partial charge is 0.375 e. The summed E-state index contributed by atoms with van der Waals surface area (Å²) in [7, 11) is 1.51. The number of hydrogen-bond donors (Lipinski definition) is 1. The number of rotatable bonds is 6. The van der Waals surface area contributed by atoms with Crippen LogP contribution in [0.25, 0.3) is 0 Å². The predicted molar refractivity (Wildman–Crippen MR) is 64.8 cm³/mol. The van der Waals surface area contributed by atoms with Gasteiger partial charge in [0.15, 0.2) is 0 Å². The number of methoxy groups -OCH3 is 1. The van der Waals surface area contributed by atoms with Crippen LogP contribution >= 0.6 is 11.3 Å². The molecule has 0 spiro atoms. The van der Waals surface area contributed by atoms with E-state index in [0.717, 1.165) is 17.8 Å². The molecule has 0 radical (unpaired) electrons. The van der Waals surface area contributed by atoms with E-state index in [9.17, 15) is 4.79 Å². The highest BCUT2D eigenvalue weighted by molar-refractivity contribution is 7.11. The highest BCUT2D eigenvalue weighted by atomic mass is 32.1. The normalized spacial score (nSPS) is 10.4. The molecule has 1 amide bonds. The van der Waals surface area contributed by atoms with Crippen molar-refractivity contribution in [2.24, 2.45) is 0 Å². The Morgan fingerprint density at radius 1 is 1.56 bits per heavy atom. The van der Waals surface area contributed by atoms with E-state index in [0.29, 0.717) is 6.54 Å². The number of thiazole rings is 1. The fraction of sp³-hybridized carbons (Fsp3) is 0.636. The van der Waals surface area contributed by atoms with Gasteiger partial charge in [0.05, 0.1) is 10.7 Å². The van der Waals surface area contributed by atoms with Gasteiger partial charge in [-0.3, -0.25) is 4.79 Å². The lowest BCUT2D eigenvalue weighted by Gasteiger charge is -2.01. The zero-order chi connectivity index (χ0) is 12.0. The summed E-state index contributed by atoms with van der Waals surface area (Å²) in [5, 5.41) is 3.87. The number of aromatic nitrogens is 1. The van der Waals surface area contributed by atoms with Crippen LogP contribution in [0.5, 0.6) is 0 Å². The third kappa shape index (κ3) is 3.90. The Morgan fingerprint density at radius 2 is 2.31 bits per heavy atom. The van der Waals surface area contributed by atoms with Gasteiger partial charge in [-0.1, -0.05) is 6.92 Å². The molecule has 1 aromatic heterocycles. The molecule has 1 heterocycles. The van der Waals surface area contributed by atoms with Gasteiger partial charge < -0.3 is 10.1 Å². The minimum atomic E-state index is -0.0773. The Hall–Kier alpha value is -0.940. The zero-order valence-electron chi connectivity index (χ0n) is 10.0. The van der Waals surface area contributed by atoms with Crippen LogP contribution in [0.4, 0.5) is 0 Å². The van der Waals surface area contributed by atoms with E-state index in [2.05, 4.69) is 24.1 Å². The van der Waals surface area contributed by atoms with Crippen molar-refractivity contribution in [1.29, 1.82) is 0 Å². The van der Waals surface area contributed by atoms with Crippen LogP contribution in [0.15, 0.2) is 0 Å². The van der Waals surface area contributed by atoms with Crippen molar-refractivity contribution in [3.05, 3.63) is 15.6 Å². The smallest absolute Gasteiger partial charge is 0.245 e. The summed E-state index contributed by atoms with van der Waals surface area (Å²) in [5.41, 5.74) is 1.17. The van der Waals surface area contributed by atoms with Crippen LogP contribution < -0.4 is 5.32 Å². The van der Waals surface area contributed by atoms with E-state index < -0.39 is 0 Å². The van der Waals surface area contributed by atoms with Crippen molar-refractivity contribution in [2.45, 2.75) is 26.7 Å². The lowest BCUT2D eigenvalue weighted by Crippen LogP contribution is -2.28. The molecule has 0 unspecified atom stereocenters. The molecule has 0 atom stereocenters. The fourth-order valence-electron chi connectivity index (χ4n) is 1.41. The number of amides is 1. The Bertz CT molecular complexity index is 350. The van der Waals surface area contributed by atoms with Crippen LogP contribution in [0.3, 0.4) is 0 Å². The molecule has 0 saturated carbocycles. The van der Waals surface area contributed by atoms with Gasteiger partial charge in [-0.05, 0) is 13.3 Å². The first-order valence-electron chi connectivity index (χ1n) is 5.38. The summed E-state index contributed by atoms with van der Waals surface area (Å²) in [5.74, 6) is -0.0773. The van der Waals surface area contributed by atoms with Gasteiger partial charge in [0.2, 0.25) is 5.91 Å². The lowest BCUT2D eigenvalue weighted by molar-refractivity contribution is -0.124. The highest BCUT2D eigenvalue weighted by Gasteiger charge is 2.06. The standard InChI is InChI=1S/C11H18N2O2S/c1-4-9-8(2)16-11(13-9)5-6-12-10(14)7-15-3/h4-7H2,1-3H3,(H,12,14). The summed E-state index contributed by atoms with van der Waals surface area (Å²) in [6.45, 7) is 4.94. The summed E-state index contributed by atoms with van der Waals surface area (Å²) in [6, 6.07) is 0. The number of nitrogens with one attached hydrogen (secondary N) is 1. The number of nitrogens with zero attached hydrogens (tertiary/aromatic N) is 1. The molecule has 16 heavy (non-hydrogen) atoms. The quantitative estimate of drug-likeness (QED) is 0.818. The van der Waals surface area contributed by atoms with Crippen molar-refractivity contribution < 1.29 is 9.53 Å². The molecule has 90 valence electrons. The summed E-state index contributed by atoms with van der Waals surface area (Å²) in [4.78, 5) is 16.9. The molecule has 0 aromatic carbocycles. The molecular weight excluding hydrogens is 224 g/mol. The van der Waals surface area contributed by atoms with Crippen LogP contribution in [0.1, 0.15) is 22.5 Å². The van der Waals surface area contributed by atoms with Gasteiger partial charge in [-0.25, -0.2) is 4.98 Å². The van der Waals surface area contributed by atoms with E-state index in [4.69, 9.17) is 4.74 Å². The van der Waals surface area contributed by atoms with Crippen molar-refractivity contribution in [3.8, 4) is 0 Å². The maximum atomic E-state index is 11.1. The van der Waals surface area contributed by atoms with Crippen LogP contribution in [0.2, 0.25) is 0 Å². The second-order valence-corrected chi connectivity index (χ2v) is 4.78. The molecule has 0 aliphatic carbocycles. The average Bonchev–Trinajstić information content (AvgIpc) is 2.59. The number of ether oxygens (including phenoxy) is 1. The Morgan fingerprint density at radius 3 is 2.88 bits per heavy atom. The van der Waals surface area contributed by atoms with E-state index in [1.165, 1.54) is 17.7 Å². The fourth-order valence-corrected chi connectivity index (χ4v) is 2.43. The van der Waals surface area contributed by atoms with Gasteiger partial charge >= 0.3 is 0 Å². The molecule has 5 heteroatoms. The van der Waals surface area contributed by atoms with E-state index in [1.54, 1.807) is 11.3 Å². The first kappa shape index (κ1) is 13.1. The monoisotopic (exact) mass is 242 g/mol. The average molecular weight is 242 g/mol. The third-order valence-corrected chi connectivity index (χ3v) is 3.28. The second-order valence-electron chi connectivity index (χ2n) is 3.50. The zero-order valence-corrected chi connectivity index (χ0v) is 10.8. The van der Waals surface area contributed by atoms with Crippen LogP contribution in [-0.4, -0.2) is 31.2 Å². The van der Waals surface area contributed by atoms with Gasteiger partial charge in [-0.15, -0.1) is 11.3 Å². The van der Waals surface area contributed by atoms with E-state index >= 15 is 0 Å². The number of hydrogen-bond acceptors (Lipinski definition) is 4. The Labute approximate surface area is 100 Å². The highest BCUT2D eigenvalue weighted by Crippen LogP contribution is 2.17. The SMILES string of the molecule is CCc1nc(CCNC(=O)COC)sc1C.